The smallest absolute Gasteiger partial charge is 0.338 e. The standard InChI is InChI=1S/C20H28N2O5/c1-4-21-18(23)12-27-20(25)16-8-10-17(11-9-16)26-13-19(24)22-14(2)6-5-7-15(22)3/h8-11,14-15H,4-7,12-13H2,1-3H3,(H,21,23). The number of likely N-dealkylation sites (tertiary alicyclic amines) is 1. The number of carbonyl (C=O) groups is 3. The van der Waals surface area contributed by atoms with Crippen LogP contribution in [0.4, 0.5) is 0 Å². The highest BCUT2D eigenvalue weighted by Crippen LogP contribution is 2.23. The molecule has 7 heteroatoms. The lowest BCUT2D eigenvalue weighted by Crippen LogP contribution is -2.49. The van der Waals surface area contributed by atoms with Crippen LogP contribution < -0.4 is 10.1 Å². The van der Waals surface area contributed by atoms with Crippen LogP contribution in [0.5, 0.6) is 5.75 Å². The molecule has 1 fully saturated rings. The summed E-state index contributed by atoms with van der Waals surface area (Å²) in [7, 11) is 0. The SMILES string of the molecule is CCNC(=O)COC(=O)c1ccc(OCC(=O)N2C(C)CCCC2C)cc1. The zero-order valence-corrected chi connectivity index (χ0v) is 16.2. The Bertz CT molecular complexity index is 649. The molecule has 0 radical (unpaired) electrons. The minimum atomic E-state index is -0.583. The fraction of sp³-hybridized carbons (Fsp3) is 0.550. The van der Waals surface area contributed by atoms with Gasteiger partial charge in [0.1, 0.15) is 5.75 Å². The van der Waals surface area contributed by atoms with E-state index in [1.807, 2.05) is 4.90 Å². The minimum absolute atomic E-state index is 0.0277. The highest BCUT2D eigenvalue weighted by molar-refractivity contribution is 5.91. The van der Waals surface area contributed by atoms with E-state index in [1.165, 1.54) is 0 Å². The van der Waals surface area contributed by atoms with Gasteiger partial charge in [0, 0.05) is 18.6 Å². The molecule has 0 saturated carbocycles. The molecular formula is C20H28N2O5. The van der Waals surface area contributed by atoms with Crippen molar-refractivity contribution in [1.82, 2.24) is 10.2 Å². The molecule has 1 aromatic rings. The second-order valence-corrected chi connectivity index (χ2v) is 6.77. The summed E-state index contributed by atoms with van der Waals surface area (Å²) in [4.78, 5) is 37.6. The van der Waals surface area contributed by atoms with Crippen LogP contribution in [-0.4, -0.2) is 54.5 Å². The van der Waals surface area contributed by atoms with E-state index in [4.69, 9.17) is 9.47 Å². The van der Waals surface area contributed by atoms with E-state index in [1.54, 1.807) is 31.2 Å². The third-order valence-corrected chi connectivity index (χ3v) is 4.64. The van der Waals surface area contributed by atoms with Crippen LogP contribution in [0.15, 0.2) is 24.3 Å². The van der Waals surface area contributed by atoms with Gasteiger partial charge in [-0.3, -0.25) is 9.59 Å². The van der Waals surface area contributed by atoms with Gasteiger partial charge in [0.05, 0.1) is 5.56 Å². The van der Waals surface area contributed by atoms with E-state index >= 15 is 0 Å². The predicted molar refractivity (Wildman–Crippen MR) is 101 cm³/mol. The van der Waals surface area contributed by atoms with E-state index in [0.29, 0.717) is 17.9 Å². The summed E-state index contributed by atoms with van der Waals surface area (Å²) >= 11 is 0. The van der Waals surface area contributed by atoms with Crippen LogP contribution in [0.3, 0.4) is 0 Å². The van der Waals surface area contributed by atoms with Crippen molar-refractivity contribution >= 4 is 17.8 Å². The van der Waals surface area contributed by atoms with Gasteiger partial charge in [0.25, 0.3) is 11.8 Å². The second-order valence-electron chi connectivity index (χ2n) is 6.77. The van der Waals surface area contributed by atoms with E-state index in [9.17, 15) is 14.4 Å². The van der Waals surface area contributed by atoms with Gasteiger partial charge in [-0.25, -0.2) is 4.79 Å². The Kier molecular flexibility index (Phi) is 7.64. The first-order valence-electron chi connectivity index (χ1n) is 9.40. The van der Waals surface area contributed by atoms with Crippen LogP contribution in [0.2, 0.25) is 0 Å². The first kappa shape index (κ1) is 20.7. The monoisotopic (exact) mass is 376 g/mol. The summed E-state index contributed by atoms with van der Waals surface area (Å²) in [6.45, 7) is 6.05. The first-order valence-corrected chi connectivity index (χ1v) is 9.40. The molecule has 1 aliphatic rings. The summed E-state index contributed by atoms with van der Waals surface area (Å²) in [5, 5.41) is 2.55. The summed E-state index contributed by atoms with van der Waals surface area (Å²) in [6, 6.07) is 6.77. The van der Waals surface area contributed by atoms with Crippen molar-refractivity contribution in [2.75, 3.05) is 19.8 Å². The topological polar surface area (TPSA) is 84.9 Å². The average Bonchev–Trinajstić information content (AvgIpc) is 2.65. The van der Waals surface area contributed by atoms with Gasteiger partial charge >= 0.3 is 5.97 Å². The number of esters is 1. The molecule has 2 rings (SSSR count). The largest absolute Gasteiger partial charge is 0.484 e. The number of ether oxygens (including phenoxy) is 2. The molecule has 2 atom stereocenters. The van der Waals surface area contributed by atoms with Gasteiger partial charge in [0.15, 0.2) is 13.2 Å². The van der Waals surface area contributed by atoms with E-state index in [-0.39, 0.29) is 37.1 Å². The van der Waals surface area contributed by atoms with Crippen molar-refractivity contribution in [2.24, 2.45) is 0 Å². The Morgan fingerprint density at radius 3 is 2.30 bits per heavy atom. The Labute approximate surface area is 160 Å². The van der Waals surface area contributed by atoms with Crippen molar-refractivity contribution in [3.8, 4) is 5.75 Å². The lowest BCUT2D eigenvalue weighted by Gasteiger charge is -2.38. The summed E-state index contributed by atoms with van der Waals surface area (Å²) in [5.74, 6) is -0.452. The molecule has 0 aromatic heterocycles. The molecule has 0 bridgehead atoms. The molecule has 1 heterocycles. The van der Waals surface area contributed by atoms with Crippen molar-refractivity contribution in [3.63, 3.8) is 0 Å². The lowest BCUT2D eigenvalue weighted by molar-refractivity contribution is -0.139. The normalized spacial score (nSPS) is 19.3. The fourth-order valence-corrected chi connectivity index (χ4v) is 3.28. The zero-order chi connectivity index (χ0) is 19.8. The maximum absolute atomic E-state index is 12.5. The quantitative estimate of drug-likeness (QED) is 0.737. The third kappa shape index (κ3) is 5.98. The maximum Gasteiger partial charge on any atom is 0.338 e. The highest BCUT2D eigenvalue weighted by Gasteiger charge is 2.28. The number of hydrogen-bond acceptors (Lipinski definition) is 5. The van der Waals surface area contributed by atoms with Gasteiger partial charge in [-0.1, -0.05) is 0 Å². The number of nitrogens with one attached hydrogen (secondary N) is 1. The van der Waals surface area contributed by atoms with Crippen molar-refractivity contribution < 1.29 is 23.9 Å². The van der Waals surface area contributed by atoms with Crippen LogP contribution in [0, 0.1) is 0 Å². The van der Waals surface area contributed by atoms with Gasteiger partial charge in [-0.2, -0.15) is 0 Å². The molecule has 1 aromatic carbocycles. The lowest BCUT2D eigenvalue weighted by atomic mass is 9.97. The van der Waals surface area contributed by atoms with Crippen molar-refractivity contribution in [1.29, 1.82) is 0 Å². The molecule has 2 unspecified atom stereocenters. The predicted octanol–water partition coefficient (Wildman–Crippen LogP) is 2.15. The van der Waals surface area contributed by atoms with Crippen LogP contribution in [0.1, 0.15) is 50.4 Å². The zero-order valence-electron chi connectivity index (χ0n) is 16.2. The molecule has 2 amide bonds. The van der Waals surface area contributed by atoms with Gasteiger partial charge in [0.2, 0.25) is 0 Å². The number of carbonyl (C=O) groups excluding carboxylic acids is 3. The first-order chi connectivity index (χ1) is 12.9. The number of amides is 2. The second kappa shape index (κ2) is 9.94. The Balaban J connectivity index is 1.83. The Morgan fingerprint density at radius 1 is 1.07 bits per heavy atom. The van der Waals surface area contributed by atoms with Crippen LogP contribution in [-0.2, 0) is 14.3 Å². The van der Waals surface area contributed by atoms with Crippen LogP contribution >= 0.6 is 0 Å². The summed E-state index contributed by atoms with van der Waals surface area (Å²) < 4.78 is 10.5. The number of likely N-dealkylation sites (N-methyl/N-ethyl adjacent to an activating group) is 1. The van der Waals surface area contributed by atoms with Crippen LogP contribution in [0.25, 0.3) is 0 Å². The van der Waals surface area contributed by atoms with Gasteiger partial charge < -0.3 is 19.7 Å². The number of rotatable bonds is 7. The number of piperidine rings is 1. The highest BCUT2D eigenvalue weighted by atomic mass is 16.5. The molecule has 0 aliphatic carbocycles. The minimum Gasteiger partial charge on any atom is -0.484 e. The van der Waals surface area contributed by atoms with E-state index < -0.39 is 5.97 Å². The molecule has 1 N–H and O–H groups in total. The summed E-state index contributed by atoms with van der Waals surface area (Å²) in [6.07, 6.45) is 3.18. The molecule has 148 valence electrons. The molecule has 1 aliphatic heterocycles. The van der Waals surface area contributed by atoms with E-state index in [2.05, 4.69) is 19.2 Å². The van der Waals surface area contributed by atoms with Crippen molar-refractivity contribution in [3.05, 3.63) is 29.8 Å². The Morgan fingerprint density at radius 2 is 1.70 bits per heavy atom. The summed E-state index contributed by atoms with van der Waals surface area (Å²) in [5.41, 5.74) is 0.316. The van der Waals surface area contributed by atoms with Gasteiger partial charge in [-0.05, 0) is 64.3 Å². The maximum atomic E-state index is 12.5. The fourth-order valence-electron chi connectivity index (χ4n) is 3.28. The molecular weight excluding hydrogens is 348 g/mol. The van der Waals surface area contributed by atoms with E-state index in [0.717, 1.165) is 19.3 Å². The Hall–Kier alpha value is -2.57. The number of nitrogens with zero attached hydrogens (tertiary/aromatic N) is 1. The average molecular weight is 376 g/mol. The molecule has 27 heavy (non-hydrogen) atoms. The van der Waals surface area contributed by atoms with Gasteiger partial charge in [-0.15, -0.1) is 0 Å². The third-order valence-electron chi connectivity index (χ3n) is 4.64. The number of hydrogen-bond donors (Lipinski definition) is 1. The molecule has 0 spiro atoms. The molecule has 7 nitrogen and oxygen atoms in total. The van der Waals surface area contributed by atoms with Crippen molar-refractivity contribution in [2.45, 2.75) is 52.1 Å². The number of benzene rings is 1. The molecule has 1 saturated heterocycles.